The summed E-state index contributed by atoms with van der Waals surface area (Å²) in [5.41, 5.74) is 32.2. The van der Waals surface area contributed by atoms with Gasteiger partial charge in [-0.25, -0.2) is 0 Å². The van der Waals surface area contributed by atoms with E-state index >= 15 is 0 Å². The van der Waals surface area contributed by atoms with E-state index in [0.29, 0.717) is 0 Å². The van der Waals surface area contributed by atoms with Crippen LogP contribution in [0.1, 0.15) is 66.8 Å². The maximum atomic E-state index is 2.76. The van der Waals surface area contributed by atoms with E-state index < -0.39 is 34.6 Å². The molecule has 0 aromatic heterocycles. The predicted octanol–water partition coefficient (Wildman–Crippen LogP) is 21.2. The second-order valence-electron chi connectivity index (χ2n) is 27.4. The Morgan fingerprint density at radius 1 is 0.194 bits per heavy atom. The SMILES string of the molecule is [CH3][Sn]12[c]3c4cccc3N(c3ccc5c(c3)C(c3ccccc3)(c3ccccc3)c3ccccc3-5)c3cccc([c]31)N(c1ccc3c(c1)C(c1ccccc1)(c1ccccc1)c1ccccc1-3)c1cccc([c]12)N4c1ccc2c(c1)-c1ccccc1C2(c1ccccc1)c1ccccc1. The van der Waals surface area contributed by atoms with E-state index in [9.17, 15) is 0 Å². The van der Waals surface area contributed by atoms with Gasteiger partial charge < -0.3 is 0 Å². The van der Waals surface area contributed by atoms with Crippen LogP contribution < -0.4 is 25.4 Å². The summed E-state index contributed by atoms with van der Waals surface area (Å²) in [6.45, 7) is 0. The molecule has 15 aromatic rings. The summed E-state index contributed by atoms with van der Waals surface area (Å²) in [7, 11) is 0. The summed E-state index contributed by atoms with van der Waals surface area (Å²) in [5.74, 6) is 0. The molecule has 6 aliphatic rings. The zero-order valence-corrected chi connectivity index (χ0v) is 56.8. The topological polar surface area (TPSA) is 9.72 Å². The van der Waals surface area contributed by atoms with Crippen molar-refractivity contribution in [3.05, 3.63) is 431 Å². The van der Waals surface area contributed by atoms with E-state index in [4.69, 9.17) is 0 Å². The first-order chi connectivity index (χ1) is 48.5. The first-order valence-electron chi connectivity index (χ1n) is 34.4. The summed E-state index contributed by atoms with van der Waals surface area (Å²) < 4.78 is 4.47. The van der Waals surface area contributed by atoms with Crippen LogP contribution in [0, 0.1) is 0 Å². The monoisotopic (exact) mass is 1350 g/mol. The molecule has 3 aliphatic carbocycles. The van der Waals surface area contributed by atoms with Crippen LogP contribution in [0.5, 0.6) is 0 Å². The van der Waals surface area contributed by atoms with Gasteiger partial charge in [0.1, 0.15) is 0 Å². The van der Waals surface area contributed by atoms with Gasteiger partial charge >= 0.3 is 580 Å². The van der Waals surface area contributed by atoms with Crippen molar-refractivity contribution in [2.45, 2.75) is 21.2 Å². The molecule has 0 spiro atoms. The molecular weight excluding hydrogens is 1290 g/mol. The Hall–Kier alpha value is -11.5. The Labute approximate surface area is 576 Å². The Morgan fingerprint density at radius 2 is 0.429 bits per heavy atom. The van der Waals surface area contributed by atoms with Crippen LogP contribution in [0.4, 0.5) is 51.2 Å². The fourth-order valence-electron chi connectivity index (χ4n) is 19.6. The number of benzene rings is 15. The van der Waals surface area contributed by atoms with E-state index in [2.05, 4.69) is 384 Å². The Kier molecular flexibility index (Phi) is 11.8. The number of nitrogens with zero attached hydrogens (tertiary/aromatic N) is 3. The quantitative estimate of drug-likeness (QED) is 0.133. The van der Waals surface area contributed by atoms with Gasteiger partial charge in [-0.1, -0.05) is 0 Å². The summed E-state index contributed by atoms with van der Waals surface area (Å²) in [5, 5.41) is 0. The summed E-state index contributed by atoms with van der Waals surface area (Å²) >= 11 is -4.30. The first-order valence-corrected chi connectivity index (χ1v) is 41.5. The molecule has 0 saturated carbocycles. The van der Waals surface area contributed by atoms with Crippen molar-refractivity contribution < 1.29 is 0 Å². The molecule has 3 nitrogen and oxygen atoms in total. The van der Waals surface area contributed by atoms with Gasteiger partial charge in [0.15, 0.2) is 0 Å². The van der Waals surface area contributed by atoms with Crippen LogP contribution >= 0.6 is 0 Å². The first kappa shape index (κ1) is 55.7. The van der Waals surface area contributed by atoms with Crippen molar-refractivity contribution >= 4 is 80.3 Å². The fraction of sp³-hybridized carbons (Fsp3) is 0.0426. The Morgan fingerprint density at radius 3 is 0.745 bits per heavy atom. The molecule has 3 aliphatic heterocycles. The number of anilines is 9. The summed E-state index contributed by atoms with van der Waals surface area (Å²) in [4.78, 5) is 10.8. The van der Waals surface area contributed by atoms with Crippen LogP contribution in [-0.2, 0) is 16.2 Å². The van der Waals surface area contributed by atoms with Crippen LogP contribution in [0.15, 0.2) is 364 Å². The van der Waals surface area contributed by atoms with E-state index in [-0.39, 0.29) is 0 Å². The molecule has 15 aromatic carbocycles. The van der Waals surface area contributed by atoms with Gasteiger partial charge in [0.25, 0.3) is 0 Å². The van der Waals surface area contributed by atoms with Gasteiger partial charge in [0, 0.05) is 0 Å². The van der Waals surface area contributed by atoms with Gasteiger partial charge in [0.2, 0.25) is 0 Å². The van der Waals surface area contributed by atoms with E-state index in [1.54, 1.807) is 0 Å². The van der Waals surface area contributed by atoms with Gasteiger partial charge in [-0.05, 0) is 0 Å². The molecule has 21 rings (SSSR count). The minimum atomic E-state index is -4.30. The van der Waals surface area contributed by atoms with Crippen LogP contribution in [0.2, 0.25) is 4.94 Å². The van der Waals surface area contributed by atoms with Crippen molar-refractivity contribution in [3.8, 4) is 33.4 Å². The third kappa shape index (κ3) is 7.08. The molecule has 98 heavy (non-hydrogen) atoms. The molecule has 4 heteroatoms. The van der Waals surface area contributed by atoms with Gasteiger partial charge in [-0.2, -0.15) is 0 Å². The third-order valence-corrected chi connectivity index (χ3v) is 36.1. The standard InChI is InChI=1S/C93H60N3.CH3.Sn/c1-7-28-64(29-8-1)91(65-30-9-2-10-31-65)87-51-24-21-48-81(87)84-61-76(54-57-88(84)91)94-70-40-25-42-72(58-70)95(77-52-55-82-79-46-19-22-49-85(79)92(89(82)62-77,66-32-11-3-12-33-66)67-34-13-4-14-35-67)74-44-27-45-75(60-74)96(73-43-26-41-71(94)59-73)78-53-56-83-80-47-20-23-50-86(80)93(90(83)63-78,68-36-15-5-16-37-68)69-38-17-6-18-39-69;;/h1-57,61-63H;1H3;. The third-order valence-electron chi connectivity index (χ3n) is 23.1. The molecule has 458 valence electrons. The van der Waals surface area contributed by atoms with Gasteiger partial charge in [-0.15, -0.1) is 0 Å². The van der Waals surface area contributed by atoms with Gasteiger partial charge in [0.05, 0.1) is 0 Å². The van der Waals surface area contributed by atoms with Crippen molar-refractivity contribution in [3.63, 3.8) is 0 Å². The molecule has 0 bridgehead atoms. The molecule has 0 unspecified atom stereocenters. The average Bonchev–Trinajstić information content (AvgIpc) is 0.946. The second-order valence-corrected chi connectivity index (χ2v) is 38.1. The van der Waals surface area contributed by atoms with E-state index in [1.807, 2.05) is 0 Å². The minimum absolute atomic E-state index is 0.533. The molecule has 0 fully saturated rings. The summed E-state index contributed by atoms with van der Waals surface area (Å²) in [6, 6.07) is 139. The van der Waals surface area contributed by atoms with Crippen LogP contribution in [-0.4, -0.2) is 18.4 Å². The average molecular weight is 1350 g/mol. The molecule has 0 atom stereocenters. The number of rotatable bonds is 9. The maximum absolute atomic E-state index is 4.30. The Balaban J connectivity index is 0.846. The second kappa shape index (κ2) is 20.8. The van der Waals surface area contributed by atoms with Crippen molar-refractivity contribution in [1.29, 1.82) is 0 Å². The number of hydrogen-bond acceptors (Lipinski definition) is 3. The zero-order valence-electron chi connectivity index (χ0n) is 54.0. The molecule has 0 N–H and O–H groups in total. The van der Waals surface area contributed by atoms with Crippen molar-refractivity contribution in [2.75, 3.05) is 14.7 Å². The predicted molar refractivity (Wildman–Crippen MR) is 406 cm³/mol. The van der Waals surface area contributed by atoms with Crippen molar-refractivity contribution in [2.24, 2.45) is 0 Å². The zero-order chi connectivity index (χ0) is 64.5. The molecular formula is C94H63N3Sn. The van der Waals surface area contributed by atoms with Crippen LogP contribution in [0.3, 0.4) is 0 Å². The molecule has 0 radical (unpaired) electrons. The molecule has 0 saturated heterocycles. The van der Waals surface area contributed by atoms with Crippen molar-refractivity contribution in [1.82, 2.24) is 0 Å². The number of hydrogen-bond donors (Lipinski definition) is 0. The van der Waals surface area contributed by atoms with E-state index in [1.165, 1.54) is 145 Å². The van der Waals surface area contributed by atoms with E-state index in [0.717, 1.165) is 17.1 Å². The fourth-order valence-corrected chi connectivity index (χ4v) is 33.8. The molecule has 3 heterocycles. The van der Waals surface area contributed by atoms with Gasteiger partial charge in [-0.3, -0.25) is 0 Å². The summed E-state index contributed by atoms with van der Waals surface area (Å²) in [6.07, 6.45) is 0. The Bertz CT molecular complexity index is 5410. The number of fused-ring (bicyclic) bond motifs is 9. The normalized spacial score (nSPS) is 15.5. The van der Waals surface area contributed by atoms with Crippen LogP contribution in [0.25, 0.3) is 33.4 Å². The molecule has 0 amide bonds.